The lowest BCUT2D eigenvalue weighted by Crippen LogP contribution is -2.21. The van der Waals surface area contributed by atoms with Crippen molar-refractivity contribution >= 4 is 28.6 Å². The van der Waals surface area contributed by atoms with Crippen molar-refractivity contribution < 1.29 is 18.7 Å². The van der Waals surface area contributed by atoms with Gasteiger partial charge >= 0.3 is 0 Å². The molecule has 0 spiro atoms. The first-order valence-corrected chi connectivity index (χ1v) is 7.94. The fraction of sp³-hybridized carbons (Fsp3) is 0.176. The number of nitrogens with one attached hydrogen (secondary N) is 1. The molecular weight excluding hydrogens is 331 g/mol. The van der Waals surface area contributed by atoms with Crippen molar-refractivity contribution in [3.05, 3.63) is 54.3 Å². The Morgan fingerprint density at radius 3 is 2.46 bits per heavy atom. The lowest BCUT2D eigenvalue weighted by atomic mass is 10.3. The van der Waals surface area contributed by atoms with Crippen LogP contribution in [0.4, 0.5) is 14.9 Å². The molecule has 0 aliphatic carbocycles. The number of anilines is 1. The van der Waals surface area contributed by atoms with Crippen LogP contribution in [0.15, 0.2) is 53.4 Å². The molecule has 7 heteroatoms. The van der Waals surface area contributed by atoms with Gasteiger partial charge in [0.15, 0.2) is 6.61 Å². The second-order valence-electron chi connectivity index (χ2n) is 5.05. The maximum absolute atomic E-state index is 12.8. The van der Waals surface area contributed by atoms with Crippen molar-refractivity contribution in [2.24, 2.45) is 0 Å². The van der Waals surface area contributed by atoms with E-state index in [0.29, 0.717) is 16.3 Å². The van der Waals surface area contributed by atoms with E-state index in [9.17, 15) is 14.0 Å². The lowest BCUT2D eigenvalue weighted by Gasteiger charge is -2.13. The van der Waals surface area contributed by atoms with E-state index < -0.39 is 0 Å². The molecule has 126 valence electrons. The number of carbonyl (C=O) groups excluding carboxylic acids is 2. The molecule has 2 amide bonds. The van der Waals surface area contributed by atoms with E-state index in [1.54, 1.807) is 38.4 Å². The van der Waals surface area contributed by atoms with Crippen LogP contribution in [0.25, 0.3) is 0 Å². The van der Waals surface area contributed by atoms with Crippen molar-refractivity contribution in [1.29, 1.82) is 0 Å². The third-order valence-corrected chi connectivity index (χ3v) is 4.02. The zero-order valence-corrected chi connectivity index (χ0v) is 14.1. The monoisotopic (exact) mass is 348 g/mol. The van der Waals surface area contributed by atoms with Gasteiger partial charge in [0, 0.05) is 19.0 Å². The molecule has 24 heavy (non-hydrogen) atoms. The summed E-state index contributed by atoms with van der Waals surface area (Å²) in [5.41, 5.74) is 0.533. The highest BCUT2D eigenvalue weighted by Gasteiger charge is 2.12. The number of nitrogens with zero attached hydrogens (tertiary/aromatic N) is 1. The van der Waals surface area contributed by atoms with Crippen LogP contribution in [0.5, 0.6) is 5.75 Å². The van der Waals surface area contributed by atoms with Crippen molar-refractivity contribution in [3.63, 3.8) is 0 Å². The molecule has 0 radical (unpaired) electrons. The van der Waals surface area contributed by atoms with Crippen LogP contribution >= 0.6 is 11.8 Å². The van der Waals surface area contributed by atoms with Crippen molar-refractivity contribution in [2.45, 2.75) is 4.90 Å². The Bertz CT molecular complexity index is 720. The minimum absolute atomic E-state index is 0.140. The number of carbonyl (C=O) groups is 2. The summed E-state index contributed by atoms with van der Waals surface area (Å²) in [7, 11) is 3.32. The number of ether oxygens (including phenoxy) is 1. The average Bonchev–Trinajstić information content (AvgIpc) is 2.56. The van der Waals surface area contributed by atoms with Crippen molar-refractivity contribution in [2.75, 3.05) is 26.0 Å². The van der Waals surface area contributed by atoms with Gasteiger partial charge in [-0.25, -0.2) is 4.39 Å². The van der Waals surface area contributed by atoms with Gasteiger partial charge in [0.25, 0.3) is 11.1 Å². The maximum atomic E-state index is 12.8. The zero-order valence-electron chi connectivity index (χ0n) is 13.3. The molecule has 0 atom stereocenters. The zero-order chi connectivity index (χ0) is 17.5. The third kappa shape index (κ3) is 5.27. The molecule has 2 rings (SSSR count). The second kappa shape index (κ2) is 8.35. The highest BCUT2D eigenvalue weighted by atomic mass is 32.2. The first kappa shape index (κ1) is 17.8. The molecule has 5 nitrogen and oxygen atoms in total. The Morgan fingerprint density at radius 1 is 1.12 bits per heavy atom. The summed E-state index contributed by atoms with van der Waals surface area (Å²) in [4.78, 5) is 25.9. The van der Waals surface area contributed by atoms with Gasteiger partial charge in [-0.2, -0.15) is 0 Å². The number of benzene rings is 2. The molecule has 0 saturated carbocycles. The van der Waals surface area contributed by atoms with E-state index in [2.05, 4.69) is 5.32 Å². The number of hydrogen-bond donors (Lipinski definition) is 1. The van der Waals surface area contributed by atoms with Gasteiger partial charge in [0.2, 0.25) is 0 Å². The van der Waals surface area contributed by atoms with Crippen LogP contribution in [0, 0.1) is 5.82 Å². The van der Waals surface area contributed by atoms with Crippen LogP contribution in [0.2, 0.25) is 0 Å². The molecular formula is C17H17FN2O3S. The van der Waals surface area contributed by atoms with Gasteiger partial charge in [-0.1, -0.05) is 12.1 Å². The fourth-order valence-corrected chi connectivity index (χ4v) is 2.46. The number of amides is 2. The summed E-state index contributed by atoms with van der Waals surface area (Å²) in [6, 6.07) is 12.4. The van der Waals surface area contributed by atoms with Crippen LogP contribution in [0.3, 0.4) is 0 Å². The van der Waals surface area contributed by atoms with Gasteiger partial charge < -0.3 is 15.0 Å². The van der Waals surface area contributed by atoms with Gasteiger partial charge in [-0.3, -0.25) is 9.59 Å². The standard InChI is InChI=1S/C17H17FN2O3S/c1-20(2)17(22)24-15-6-4-3-5-14(15)19-16(21)11-23-13-9-7-12(18)8-10-13/h3-10H,11H2,1-2H3,(H,19,21). The second-order valence-corrected chi connectivity index (χ2v) is 6.04. The Hall–Kier alpha value is -2.54. The maximum Gasteiger partial charge on any atom is 0.286 e. The summed E-state index contributed by atoms with van der Waals surface area (Å²) in [6.07, 6.45) is 0. The SMILES string of the molecule is CN(C)C(=O)Sc1ccccc1NC(=O)COc1ccc(F)cc1. The Labute approximate surface area is 143 Å². The minimum Gasteiger partial charge on any atom is -0.484 e. The van der Waals surface area contributed by atoms with Crippen molar-refractivity contribution in [1.82, 2.24) is 4.90 Å². The Balaban J connectivity index is 1.96. The normalized spacial score (nSPS) is 10.1. The smallest absolute Gasteiger partial charge is 0.286 e. The van der Waals surface area contributed by atoms with Crippen LogP contribution in [0.1, 0.15) is 0 Å². The highest BCUT2D eigenvalue weighted by Crippen LogP contribution is 2.28. The molecule has 2 aromatic rings. The van der Waals surface area contributed by atoms with E-state index in [4.69, 9.17) is 4.74 Å². The number of thioether (sulfide) groups is 1. The first-order chi connectivity index (χ1) is 11.5. The molecule has 0 bridgehead atoms. The minimum atomic E-state index is -0.372. The van der Waals surface area contributed by atoms with Crippen LogP contribution in [-0.4, -0.2) is 36.7 Å². The number of rotatable bonds is 5. The fourth-order valence-electron chi connectivity index (χ4n) is 1.71. The summed E-state index contributed by atoms with van der Waals surface area (Å²) < 4.78 is 18.1. The van der Waals surface area contributed by atoms with Crippen LogP contribution < -0.4 is 10.1 Å². The van der Waals surface area contributed by atoms with Gasteiger partial charge in [0.1, 0.15) is 11.6 Å². The summed E-state index contributed by atoms with van der Waals surface area (Å²) >= 11 is 1.03. The number of hydrogen-bond acceptors (Lipinski definition) is 4. The largest absolute Gasteiger partial charge is 0.484 e. The van der Waals surface area contributed by atoms with Gasteiger partial charge in [-0.05, 0) is 48.2 Å². The Kier molecular flexibility index (Phi) is 6.20. The molecule has 1 N–H and O–H groups in total. The molecule has 0 aliphatic rings. The molecule has 0 fully saturated rings. The Morgan fingerprint density at radius 2 is 1.79 bits per heavy atom. The summed E-state index contributed by atoms with van der Waals surface area (Å²) in [6.45, 7) is -0.216. The molecule has 2 aromatic carbocycles. The highest BCUT2D eigenvalue weighted by molar-refractivity contribution is 8.13. The van der Waals surface area contributed by atoms with E-state index in [-0.39, 0.29) is 23.6 Å². The topological polar surface area (TPSA) is 58.6 Å². The molecule has 0 aliphatic heterocycles. The molecule has 0 saturated heterocycles. The lowest BCUT2D eigenvalue weighted by molar-refractivity contribution is -0.118. The average molecular weight is 348 g/mol. The van der Waals surface area contributed by atoms with E-state index in [1.165, 1.54) is 29.2 Å². The summed E-state index contributed by atoms with van der Waals surface area (Å²) in [5.74, 6) is -0.343. The number of halogens is 1. The quantitative estimate of drug-likeness (QED) is 0.839. The molecule has 0 unspecified atom stereocenters. The van der Waals surface area contributed by atoms with E-state index in [0.717, 1.165) is 11.8 Å². The van der Waals surface area contributed by atoms with Gasteiger partial charge in [-0.15, -0.1) is 0 Å². The predicted octanol–water partition coefficient (Wildman–Crippen LogP) is 3.62. The first-order valence-electron chi connectivity index (χ1n) is 7.12. The molecule has 0 heterocycles. The van der Waals surface area contributed by atoms with E-state index >= 15 is 0 Å². The van der Waals surface area contributed by atoms with E-state index in [1.807, 2.05) is 0 Å². The van der Waals surface area contributed by atoms with Gasteiger partial charge in [0.05, 0.1) is 5.69 Å². The molecule has 0 aromatic heterocycles. The summed E-state index contributed by atoms with van der Waals surface area (Å²) in [5, 5.41) is 2.57. The van der Waals surface area contributed by atoms with Crippen molar-refractivity contribution in [3.8, 4) is 5.75 Å². The third-order valence-electron chi connectivity index (χ3n) is 2.91. The number of para-hydroxylation sites is 1. The van der Waals surface area contributed by atoms with Crippen LogP contribution in [-0.2, 0) is 4.79 Å². The predicted molar refractivity (Wildman–Crippen MR) is 91.9 cm³/mol.